The van der Waals surface area contributed by atoms with Gasteiger partial charge in [0.15, 0.2) is 0 Å². The van der Waals surface area contributed by atoms with Crippen LogP contribution in [0, 0.1) is 5.82 Å². The summed E-state index contributed by atoms with van der Waals surface area (Å²) in [6, 6.07) is 4.20. The zero-order valence-electron chi connectivity index (χ0n) is 6.87. The molecule has 0 aliphatic rings. The third kappa shape index (κ3) is 1.64. The lowest BCUT2D eigenvalue weighted by molar-refractivity contribution is 0.425. The fourth-order valence-electron chi connectivity index (χ4n) is 1.25. The number of benzene rings is 1. The zero-order valence-corrected chi connectivity index (χ0v) is 8.44. The Bertz CT molecular complexity index is 485. The minimum atomic E-state index is -1.66. The summed E-state index contributed by atoms with van der Waals surface area (Å²) in [6.07, 6.45) is 0. The van der Waals surface area contributed by atoms with E-state index >= 15 is 0 Å². The molecule has 2 rings (SSSR count). The predicted molar refractivity (Wildman–Crippen MR) is 56.6 cm³/mol. The van der Waals surface area contributed by atoms with E-state index in [0.717, 1.165) is 17.4 Å². The maximum Gasteiger partial charge on any atom is 0.488 e. The van der Waals surface area contributed by atoms with Gasteiger partial charge < -0.3 is 10.0 Å². The first-order valence-electron chi connectivity index (χ1n) is 3.82. The van der Waals surface area contributed by atoms with Crippen molar-refractivity contribution in [2.75, 3.05) is 0 Å². The first-order chi connectivity index (χ1) is 6.58. The molecule has 0 saturated carbocycles. The van der Waals surface area contributed by atoms with Gasteiger partial charge in [-0.2, -0.15) is 0 Å². The molecular weight excluding hydrogens is 225 g/mol. The molecule has 1 heterocycles. The summed E-state index contributed by atoms with van der Waals surface area (Å²) in [6.45, 7) is 0. The van der Waals surface area contributed by atoms with Crippen molar-refractivity contribution in [2.24, 2.45) is 0 Å². The van der Waals surface area contributed by atoms with Gasteiger partial charge in [-0.05, 0) is 23.0 Å². The van der Waals surface area contributed by atoms with Crippen molar-refractivity contribution >= 4 is 45.6 Å². The van der Waals surface area contributed by atoms with Crippen LogP contribution in [0.4, 0.5) is 4.39 Å². The molecule has 0 spiro atoms. The molecule has 0 aliphatic carbocycles. The Balaban J connectivity index is 2.71. The van der Waals surface area contributed by atoms with Gasteiger partial charge in [-0.1, -0.05) is 17.7 Å². The summed E-state index contributed by atoms with van der Waals surface area (Å²) in [5.41, 5.74) is 0.129. The van der Waals surface area contributed by atoms with Crippen LogP contribution in [0.25, 0.3) is 10.1 Å². The Morgan fingerprint density at radius 2 is 2.00 bits per heavy atom. The van der Waals surface area contributed by atoms with Gasteiger partial charge in [-0.15, -0.1) is 11.3 Å². The lowest BCUT2D eigenvalue weighted by Crippen LogP contribution is -2.29. The summed E-state index contributed by atoms with van der Waals surface area (Å²) in [5.74, 6) is -0.484. The second-order valence-corrected chi connectivity index (χ2v) is 4.53. The van der Waals surface area contributed by atoms with Gasteiger partial charge in [0, 0.05) is 0 Å². The van der Waals surface area contributed by atoms with Crippen LogP contribution < -0.4 is 5.46 Å². The molecule has 0 radical (unpaired) electrons. The second-order valence-electron chi connectivity index (χ2n) is 2.85. The van der Waals surface area contributed by atoms with Gasteiger partial charge in [-0.3, -0.25) is 0 Å². The summed E-state index contributed by atoms with van der Waals surface area (Å²) < 4.78 is 14.3. The Morgan fingerprint density at radius 3 is 2.64 bits per heavy atom. The number of hydrogen-bond acceptors (Lipinski definition) is 3. The van der Waals surface area contributed by atoms with Crippen LogP contribution in [0.5, 0.6) is 0 Å². The molecule has 0 aliphatic heterocycles. The smallest absolute Gasteiger partial charge is 0.423 e. The highest BCUT2D eigenvalue weighted by molar-refractivity contribution is 7.22. The molecule has 2 aromatic rings. The summed E-state index contributed by atoms with van der Waals surface area (Å²) in [7, 11) is -1.66. The quantitative estimate of drug-likeness (QED) is 0.727. The molecular formula is C8H5BClFO2S. The SMILES string of the molecule is OB(O)c1cc(F)c2sc(Cl)cc2c1. The third-order valence-electron chi connectivity index (χ3n) is 1.86. The summed E-state index contributed by atoms with van der Waals surface area (Å²) in [5, 5.41) is 18.3. The van der Waals surface area contributed by atoms with Gasteiger partial charge in [0.05, 0.1) is 9.04 Å². The molecule has 0 bridgehead atoms. The predicted octanol–water partition coefficient (Wildman–Crippen LogP) is 1.37. The van der Waals surface area contributed by atoms with Gasteiger partial charge >= 0.3 is 7.12 Å². The fraction of sp³-hybridized carbons (Fsp3) is 0. The lowest BCUT2D eigenvalue weighted by atomic mass is 9.80. The first kappa shape index (κ1) is 9.92. The van der Waals surface area contributed by atoms with Crippen LogP contribution in [0.3, 0.4) is 0 Å². The van der Waals surface area contributed by atoms with Crippen LogP contribution in [0.1, 0.15) is 0 Å². The lowest BCUT2D eigenvalue weighted by Gasteiger charge is -1.99. The van der Waals surface area contributed by atoms with Gasteiger partial charge in [0.2, 0.25) is 0 Å². The highest BCUT2D eigenvalue weighted by atomic mass is 35.5. The van der Waals surface area contributed by atoms with Gasteiger partial charge in [-0.25, -0.2) is 4.39 Å². The minimum Gasteiger partial charge on any atom is -0.423 e. The largest absolute Gasteiger partial charge is 0.488 e. The number of hydrogen-bond donors (Lipinski definition) is 2. The van der Waals surface area contributed by atoms with Crippen molar-refractivity contribution in [3.63, 3.8) is 0 Å². The van der Waals surface area contributed by atoms with Crippen LogP contribution in [-0.2, 0) is 0 Å². The Labute approximate surface area is 88.7 Å². The van der Waals surface area contributed by atoms with E-state index < -0.39 is 12.9 Å². The molecule has 2 nitrogen and oxygen atoms in total. The number of halogens is 2. The van der Waals surface area contributed by atoms with Crippen molar-refractivity contribution < 1.29 is 14.4 Å². The maximum absolute atomic E-state index is 13.3. The van der Waals surface area contributed by atoms with Crippen LogP contribution >= 0.6 is 22.9 Å². The van der Waals surface area contributed by atoms with Crippen LogP contribution in [0.2, 0.25) is 4.34 Å². The van der Waals surface area contributed by atoms with E-state index in [1.807, 2.05) is 0 Å². The van der Waals surface area contributed by atoms with E-state index in [2.05, 4.69) is 0 Å². The molecule has 0 fully saturated rings. The molecule has 6 heteroatoms. The van der Waals surface area contributed by atoms with E-state index in [4.69, 9.17) is 21.6 Å². The van der Waals surface area contributed by atoms with E-state index in [0.29, 0.717) is 14.4 Å². The van der Waals surface area contributed by atoms with Crippen LogP contribution in [-0.4, -0.2) is 17.2 Å². The minimum absolute atomic E-state index is 0.129. The molecule has 2 N–H and O–H groups in total. The van der Waals surface area contributed by atoms with E-state index in [-0.39, 0.29) is 5.46 Å². The molecule has 0 amide bonds. The summed E-state index contributed by atoms with van der Waals surface area (Å²) in [4.78, 5) is 0. The normalized spacial score (nSPS) is 10.9. The number of thiophene rings is 1. The highest BCUT2D eigenvalue weighted by Gasteiger charge is 2.15. The van der Waals surface area contributed by atoms with Crippen molar-refractivity contribution in [2.45, 2.75) is 0 Å². The van der Waals surface area contributed by atoms with Crippen molar-refractivity contribution in [1.29, 1.82) is 0 Å². The third-order valence-corrected chi connectivity index (χ3v) is 3.15. The number of rotatable bonds is 1. The van der Waals surface area contributed by atoms with E-state index in [1.165, 1.54) is 6.07 Å². The van der Waals surface area contributed by atoms with Gasteiger partial charge in [0.1, 0.15) is 5.82 Å². The fourth-order valence-corrected chi connectivity index (χ4v) is 2.37. The Hall–Kier alpha value is -0.615. The average molecular weight is 230 g/mol. The molecule has 0 unspecified atom stereocenters. The zero-order chi connectivity index (χ0) is 10.3. The molecule has 72 valence electrons. The molecule has 0 saturated heterocycles. The molecule has 1 aromatic heterocycles. The van der Waals surface area contributed by atoms with Crippen LogP contribution in [0.15, 0.2) is 18.2 Å². The molecule has 1 aromatic carbocycles. The maximum atomic E-state index is 13.3. The molecule has 0 atom stereocenters. The number of fused-ring (bicyclic) bond motifs is 1. The van der Waals surface area contributed by atoms with Gasteiger partial charge in [0.25, 0.3) is 0 Å². The molecule has 14 heavy (non-hydrogen) atoms. The van der Waals surface area contributed by atoms with Crippen molar-refractivity contribution in [3.8, 4) is 0 Å². The highest BCUT2D eigenvalue weighted by Crippen LogP contribution is 2.30. The van der Waals surface area contributed by atoms with Crippen molar-refractivity contribution in [3.05, 3.63) is 28.4 Å². The Morgan fingerprint density at radius 1 is 1.29 bits per heavy atom. The summed E-state index contributed by atoms with van der Waals surface area (Å²) >= 11 is 6.84. The first-order valence-corrected chi connectivity index (χ1v) is 5.02. The van der Waals surface area contributed by atoms with E-state index in [9.17, 15) is 4.39 Å². The van der Waals surface area contributed by atoms with E-state index in [1.54, 1.807) is 6.07 Å². The van der Waals surface area contributed by atoms with Crippen molar-refractivity contribution in [1.82, 2.24) is 0 Å². The monoisotopic (exact) mass is 230 g/mol. The average Bonchev–Trinajstić information content (AvgIpc) is 2.45. The Kier molecular flexibility index (Phi) is 2.49. The standard InChI is InChI=1S/C8H5BClFO2S/c10-7-2-4-1-5(9(12)13)3-6(11)8(4)14-7/h1-3,12-13H. The topological polar surface area (TPSA) is 40.5 Å². The second kappa shape index (κ2) is 3.51.